The van der Waals surface area contributed by atoms with Crippen LogP contribution in [0.25, 0.3) is 44.5 Å². The lowest BCUT2D eigenvalue weighted by Gasteiger charge is -2.24. The van der Waals surface area contributed by atoms with E-state index in [1.54, 1.807) is 82.6 Å². The molecule has 20 nitrogen and oxygen atoms in total. The lowest BCUT2D eigenvalue weighted by Crippen LogP contribution is -2.32. The zero-order valence-electron chi connectivity index (χ0n) is 93.6. The van der Waals surface area contributed by atoms with Crippen molar-refractivity contribution >= 4 is 47.5 Å². The van der Waals surface area contributed by atoms with Crippen molar-refractivity contribution in [3.05, 3.63) is 358 Å². The summed E-state index contributed by atoms with van der Waals surface area (Å²) in [5, 5.41) is 35.2. The van der Waals surface area contributed by atoms with E-state index in [-0.39, 0.29) is 61.4 Å². The van der Waals surface area contributed by atoms with Crippen LogP contribution in [0.4, 0.5) is 0 Å². The Labute approximate surface area is 896 Å². The first kappa shape index (κ1) is 104. The number of rotatable bonds is 58. The minimum atomic E-state index is -2.06. The predicted octanol–water partition coefficient (Wildman–Crippen LogP) is 29.3. The number of hydrogen-bond donors (Lipinski definition) is 4. The van der Waals surface area contributed by atoms with Crippen molar-refractivity contribution in [1.29, 1.82) is 0 Å². The zero-order valence-corrected chi connectivity index (χ0v) is 87.6. The second kappa shape index (κ2) is 60.3. The van der Waals surface area contributed by atoms with E-state index in [0.717, 1.165) is 146 Å². The summed E-state index contributed by atoms with van der Waals surface area (Å²) in [5.41, 5.74) is 18.3. The number of carbonyl (C=O) groups excluding carboxylic acids is 4. The summed E-state index contributed by atoms with van der Waals surface area (Å²) >= 11 is 0. The van der Waals surface area contributed by atoms with E-state index in [1.807, 2.05) is 121 Å². The molecule has 0 spiro atoms. The highest BCUT2D eigenvalue weighted by Gasteiger charge is 2.38. The van der Waals surface area contributed by atoms with Gasteiger partial charge in [-0.1, -0.05) is 272 Å². The van der Waals surface area contributed by atoms with E-state index >= 15 is 0 Å². The van der Waals surface area contributed by atoms with Crippen LogP contribution in [0.1, 0.15) is 314 Å². The quantitative estimate of drug-likeness (QED) is 0.0258. The summed E-state index contributed by atoms with van der Waals surface area (Å²) in [6.07, 6.45) is 25.8. The number of nitrogens with zero attached hydrogens (tertiary/aromatic N) is 4. The second-order valence-corrected chi connectivity index (χ2v) is 39.2. The van der Waals surface area contributed by atoms with Crippen molar-refractivity contribution in [2.24, 2.45) is 0 Å². The van der Waals surface area contributed by atoms with Crippen LogP contribution in [-0.4, -0.2) is 138 Å². The van der Waals surface area contributed by atoms with Gasteiger partial charge in [0.2, 0.25) is 0 Å². The van der Waals surface area contributed by atoms with Crippen molar-refractivity contribution in [1.82, 2.24) is 19.6 Å². The zero-order chi connectivity index (χ0) is 111. The highest BCUT2D eigenvalue weighted by molar-refractivity contribution is 5.98. The van der Waals surface area contributed by atoms with E-state index in [1.165, 1.54) is 57.7 Å². The molecule has 4 aliphatic rings. The molecule has 4 amide bonds. The first-order valence-corrected chi connectivity index (χ1v) is 54.2. The number of benzene rings is 12. The van der Waals surface area contributed by atoms with Crippen molar-refractivity contribution in [3.8, 4) is 67.5 Å². The predicted molar refractivity (Wildman–Crippen MR) is 596 cm³/mol. The molecule has 0 aromatic heterocycles. The number of para-hydroxylation sites is 4. The number of ether oxygens (including phenoxy) is 4. The van der Waals surface area contributed by atoms with E-state index in [9.17, 15) is 38.4 Å². The summed E-state index contributed by atoms with van der Waals surface area (Å²) in [6, 6.07) is 91.5. The lowest BCUT2D eigenvalue weighted by atomic mass is 10.0. The third-order valence-electron chi connectivity index (χ3n) is 26.9. The molecule has 16 rings (SSSR count). The Balaban J connectivity index is 0.000000172. The second-order valence-electron chi connectivity index (χ2n) is 39.2. The molecule has 0 bridgehead atoms. The fourth-order valence-electron chi connectivity index (χ4n) is 17.7. The van der Waals surface area contributed by atoms with Gasteiger partial charge in [-0.25, -0.2) is 0 Å². The molecular weight excluding hydrogens is 1870 g/mol. The van der Waals surface area contributed by atoms with Gasteiger partial charge in [0, 0.05) is 120 Å². The number of hydrogen-bond acceptors (Lipinski definition) is 12. The number of carboxylic acid groups (broad SMARTS) is 4. The van der Waals surface area contributed by atoms with Crippen molar-refractivity contribution in [3.63, 3.8) is 0 Å². The Hall–Kier alpha value is -14.4. The molecule has 4 fully saturated rings. The first-order valence-electron chi connectivity index (χ1n) is 57.2. The first-order chi connectivity index (χ1) is 75.4. The standard InChI is InChI=1S/2C33H39NO4.2C32H37NO4/c2*1-2-3-9-25-13-15-26(16-14-25)27-17-19-28(20-18-27)33(37)34(30-21-22-30)24-29-10-6-7-11-31(29)38-23-8-4-5-12-32(35)36;2*1-2-8-24-12-14-25(15-13-24)26-16-18-27(19-17-26)32(36)33(29-20-21-29)23-28-9-5-6-10-30(28)37-22-7-3-4-11-31(34)35/h2*6-7,10-11,13-20,30H,2-5,8-9,12,21-24H2,1H3,(H,35,36);2*5-6,9-10,12-19,29H,2-4,7-8,11,20-23H2,1H3,(H,34,35)/i30D;24D2;29D;23D2. The van der Waals surface area contributed by atoms with Gasteiger partial charge in [-0.05, 0) is 306 Å². The average Bonchev–Trinajstić information content (AvgIpc) is 1.59. The van der Waals surface area contributed by atoms with Crippen LogP contribution < -0.4 is 18.9 Å². The van der Waals surface area contributed by atoms with Crippen molar-refractivity contribution in [2.75, 3.05) is 26.4 Å². The number of aryl methyl sites for hydroxylation is 4. The molecule has 150 heavy (non-hydrogen) atoms. The van der Waals surface area contributed by atoms with Gasteiger partial charge in [0.1, 0.15) is 23.0 Å². The minimum absolute atomic E-state index is 0.129. The molecule has 0 aliphatic heterocycles. The third-order valence-corrected chi connectivity index (χ3v) is 26.9. The summed E-state index contributed by atoms with van der Waals surface area (Å²) in [4.78, 5) is 104. The third kappa shape index (κ3) is 37.1. The monoisotopic (exact) mass is 2030 g/mol. The van der Waals surface area contributed by atoms with Gasteiger partial charge in [-0.15, -0.1) is 0 Å². The van der Waals surface area contributed by atoms with E-state index in [0.29, 0.717) is 173 Å². The maximum absolute atomic E-state index is 13.7. The topological polar surface area (TPSA) is 267 Å². The van der Waals surface area contributed by atoms with E-state index < -0.39 is 48.9 Å². The summed E-state index contributed by atoms with van der Waals surface area (Å²) < 4.78 is 77.8. The van der Waals surface area contributed by atoms with Crippen LogP contribution >= 0.6 is 0 Å². The highest BCUT2D eigenvalue weighted by atomic mass is 16.5. The molecule has 4 N–H and O–H groups in total. The van der Waals surface area contributed by atoms with E-state index in [4.69, 9.17) is 47.6 Å². The van der Waals surface area contributed by atoms with Crippen molar-refractivity contribution in [2.45, 2.75) is 296 Å². The number of carboxylic acids is 4. The van der Waals surface area contributed by atoms with Gasteiger partial charge in [-0.2, -0.15) is 0 Å². The average molecular weight is 2030 g/mol. The molecule has 20 heteroatoms. The van der Waals surface area contributed by atoms with Crippen molar-refractivity contribution < 1.29 is 86.0 Å². The van der Waals surface area contributed by atoms with Crippen LogP contribution in [0.15, 0.2) is 291 Å². The van der Waals surface area contributed by atoms with Gasteiger partial charge in [-0.3, -0.25) is 38.4 Å². The number of amides is 4. The summed E-state index contributed by atoms with van der Waals surface area (Å²) in [7, 11) is 0. The van der Waals surface area contributed by atoms with Crippen LogP contribution in [0, 0.1) is 0 Å². The molecule has 12 aromatic rings. The maximum Gasteiger partial charge on any atom is 0.303 e. The molecule has 0 radical (unpaired) electrons. The minimum Gasteiger partial charge on any atom is -0.493 e. The molecule has 4 aliphatic carbocycles. The Morgan fingerprint density at radius 2 is 0.473 bits per heavy atom. The van der Waals surface area contributed by atoms with Crippen LogP contribution in [-0.2, 0) is 70.9 Å². The van der Waals surface area contributed by atoms with Gasteiger partial charge < -0.3 is 59.0 Å². The molecule has 0 heterocycles. The molecule has 12 aromatic carbocycles. The Kier molecular flexibility index (Phi) is 41.9. The highest BCUT2D eigenvalue weighted by Crippen LogP contribution is 2.39. The fraction of sp³-hybridized carbons (Fsp3) is 0.385. The van der Waals surface area contributed by atoms with Crippen LogP contribution in [0.2, 0.25) is 0 Å². The smallest absolute Gasteiger partial charge is 0.303 e. The normalized spacial score (nSPS) is 14.0. The van der Waals surface area contributed by atoms with Gasteiger partial charge in [0.15, 0.2) is 0 Å². The Morgan fingerprint density at radius 1 is 0.253 bits per heavy atom. The SMILES string of the molecule is [2H]C([2H])(c1ccccc1OCCCCCC(=O)O)N(C(=O)c1ccc(-c2ccc(CCC)cc2)cc1)C1CC1.[2H]C([2H])(c1ccccc1OCCCCCC(=O)O)N(C(=O)c1ccc(-c2ccc(CCCC)cc2)cc1)C1CC1.[2H]C1(N(Cc2ccccc2OCCCCCC(=O)O)C(=O)c2ccc(-c3ccc(CCC)cc3)cc2)CC1.[2H]C1(N(Cc2ccccc2OCCCCCC(=O)O)C(=O)c2ccc(-c3ccc(CCCC)cc3)cc2)CC1. The Morgan fingerprint density at radius 3 is 0.700 bits per heavy atom. The molecule has 0 atom stereocenters. The molecule has 0 unspecified atom stereocenters. The van der Waals surface area contributed by atoms with Crippen LogP contribution in [0.5, 0.6) is 23.0 Å². The number of aliphatic carboxylic acids is 4. The lowest BCUT2D eigenvalue weighted by molar-refractivity contribution is -0.138. The molecule has 0 saturated heterocycles. The Bertz CT molecular complexity index is 6560. The van der Waals surface area contributed by atoms with Crippen LogP contribution in [0.3, 0.4) is 0 Å². The van der Waals surface area contributed by atoms with Gasteiger partial charge in [0.25, 0.3) is 23.6 Å². The number of unbranched alkanes of at least 4 members (excludes halogenated alkanes) is 10. The largest absolute Gasteiger partial charge is 0.493 e. The number of carbonyl (C=O) groups is 8. The summed E-state index contributed by atoms with van der Waals surface area (Å²) in [5.74, 6) is -1.92. The van der Waals surface area contributed by atoms with Gasteiger partial charge in [0.05, 0.1) is 34.7 Å². The molecule has 788 valence electrons. The fourth-order valence-corrected chi connectivity index (χ4v) is 17.7. The van der Waals surface area contributed by atoms with E-state index in [2.05, 4.69) is 125 Å². The van der Waals surface area contributed by atoms with Gasteiger partial charge >= 0.3 is 23.9 Å². The maximum atomic E-state index is 13.7. The molecule has 4 saturated carbocycles. The molecular formula is C130H152N4O16. The summed E-state index contributed by atoms with van der Waals surface area (Å²) in [6.45, 7) is 6.88.